The summed E-state index contributed by atoms with van der Waals surface area (Å²) in [4.78, 5) is 0. The number of benzene rings is 3. The second-order valence-electron chi connectivity index (χ2n) is 5.82. The lowest BCUT2D eigenvalue weighted by Crippen LogP contribution is -2.38. The maximum absolute atomic E-state index is 12.4. The first kappa shape index (κ1) is 16.6. The Morgan fingerprint density at radius 1 is 0.833 bits per heavy atom. The minimum atomic E-state index is -3.58. The monoisotopic (exact) mass is 340 g/mol. The molecule has 4 nitrogen and oxygen atoms in total. The van der Waals surface area contributed by atoms with Crippen LogP contribution in [0.2, 0.25) is 0 Å². The Hall–Kier alpha value is -2.21. The third-order valence-corrected chi connectivity index (χ3v) is 5.51. The molecule has 0 saturated carbocycles. The molecule has 0 aliphatic rings. The molecule has 0 aliphatic heterocycles. The van der Waals surface area contributed by atoms with Crippen molar-refractivity contribution in [3.8, 4) is 0 Å². The van der Waals surface area contributed by atoms with E-state index in [-0.39, 0.29) is 0 Å². The summed E-state index contributed by atoms with van der Waals surface area (Å²) >= 11 is 0. The molecule has 0 aromatic heterocycles. The molecule has 1 atom stereocenters. The van der Waals surface area contributed by atoms with E-state index in [0.717, 1.165) is 21.9 Å². The Labute approximate surface area is 142 Å². The van der Waals surface area contributed by atoms with Crippen molar-refractivity contribution >= 4 is 21.0 Å². The molecule has 1 N–H and O–H groups in total. The smallest absolute Gasteiger partial charge is 0.195 e. The van der Waals surface area contributed by atoms with E-state index in [1.807, 2.05) is 72.8 Å². The minimum absolute atomic E-state index is 0.454. The van der Waals surface area contributed by atoms with Crippen LogP contribution in [-0.2, 0) is 10.2 Å². The molecule has 24 heavy (non-hydrogen) atoms. The zero-order chi connectivity index (χ0) is 17.2. The van der Waals surface area contributed by atoms with Gasteiger partial charge in [-0.3, -0.25) is 0 Å². The third kappa shape index (κ3) is 3.33. The van der Waals surface area contributed by atoms with Crippen molar-refractivity contribution < 1.29 is 8.42 Å². The van der Waals surface area contributed by atoms with E-state index in [0.29, 0.717) is 0 Å². The maximum atomic E-state index is 12.4. The van der Waals surface area contributed by atoms with E-state index in [4.69, 9.17) is 0 Å². The highest BCUT2D eigenvalue weighted by Crippen LogP contribution is 2.29. The first-order valence-corrected chi connectivity index (χ1v) is 9.15. The molecule has 0 amide bonds. The van der Waals surface area contributed by atoms with Crippen molar-refractivity contribution in [3.05, 3.63) is 83.9 Å². The molecule has 3 aromatic rings. The van der Waals surface area contributed by atoms with Crippen LogP contribution in [0.1, 0.15) is 17.2 Å². The summed E-state index contributed by atoms with van der Waals surface area (Å²) in [6.07, 6.45) is 0. The van der Waals surface area contributed by atoms with Gasteiger partial charge >= 0.3 is 0 Å². The van der Waals surface area contributed by atoms with E-state index >= 15 is 0 Å². The highest BCUT2D eigenvalue weighted by molar-refractivity contribution is 7.87. The van der Waals surface area contributed by atoms with Crippen molar-refractivity contribution in [2.75, 3.05) is 14.1 Å². The van der Waals surface area contributed by atoms with Gasteiger partial charge in [-0.15, -0.1) is 0 Å². The number of hydrogen-bond donors (Lipinski definition) is 1. The number of fused-ring (bicyclic) bond motifs is 1. The number of rotatable bonds is 5. The van der Waals surface area contributed by atoms with E-state index in [2.05, 4.69) is 4.72 Å². The van der Waals surface area contributed by atoms with Gasteiger partial charge in [0.25, 0.3) is 10.2 Å². The second-order valence-corrected chi connectivity index (χ2v) is 7.73. The Morgan fingerprint density at radius 2 is 1.46 bits per heavy atom. The van der Waals surface area contributed by atoms with Gasteiger partial charge < -0.3 is 0 Å². The topological polar surface area (TPSA) is 49.4 Å². The quantitative estimate of drug-likeness (QED) is 0.774. The van der Waals surface area contributed by atoms with Gasteiger partial charge in [-0.05, 0) is 21.9 Å². The second kappa shape index (κ2) is 6.73. The zero-order valence-corrected chi connectivity index (χ0v) is 14.5. The Balaban J connectivity index is 2.18. The molecular weight excluding hydrogens is 320 g/mol. The molecule has 0 saturated heterocycles. The lowest BCUT2D eigenvalue weighted by molar-refractivity contribution is 0.498. The Bertz CT molecular complexity index is 933. The van der Waals surface area contributed by atoms with Gasteiger partial charge in [-0.2, -0.15) is 17.4 Å². The molecule has 0 aliphatic carbocycles. The highest BCUT2D eigenvalue weighted by atomic mass is 32.2. The molecule has 0 bridgehead atoms. The highest BCUT2D eigenvalue weighted by Gasteiger charge is 2.24. The van der Waals surface area contributed by atoms with Crippen molar-refractivity contribution in [1.29, 1.82) is 0 Å². The number of hydrogen-bond acceptors (Lipinski definition) is 2. The first-order valence-electron chi connectivity index (χ1n) is 7.71. The van der Waals surface area contributed by atoms with Crippen molar-refractivity contribution in [2.24, 2.45) is 0 Å². The summed E-state index contributed by atoms with van der Waals surface area (Å²) in [6, 6.07) is 23.1. The summed E-state index contributed by atoms with van der Waals surface area (Å²) in [7, 11) is -0.536. The van der Waals surface area contributed by atoms with E-state index in [1.165, 1.54) is 18.4 Å². The lowest BCUT2D eigenvalue weighted by atomic mass is 9.94. The molecule has 3 rings (SSSR count). The fourth-order valence-corrected chi connectivity index (χ4v) is 3.48. The molecule has 3 aromatic carbocycles. The van der Waals surface area contributed by atoms with Crippen LogP contribution < -0.4 is 4.72 Å². The largest absolute Gasteiger partial charge is 0.279 e. The van der Waals surface area contributed by atoms with Gasteiger partial charge in [-0.25, -0.2) is 0 Å². The van der Waals surface area contributed by atoms with Gasteiger partial charge in [0.15, 0.2) is 0 Å². The van der Waals surface area contributed by atoms with Gasteiger partial charge in [0.2, 0.25) is 0 Å². The summed E-state index contributed by atoms with van der Waals surface area (Å²) in [6.45, 7) is 0. The van der Waals surface area contributed by atoms with Crippen molar-refractivity contribution in [2.45, 2.75) is 6.04 Å². The van der Waals surface area contributed by atoms with Crippen LogP contribution in [0.25, 0.3) is 10.8 Å². The molecular formula is C19H20N2O2S. The normalized spacial score (nSPS) is 13.3. The van der Waals surface area contributed by atoms with E-state index < -0.39 is 16.3 Å². The van der Waals surface area contributed by atoms with Crippen LogP contribution in [0.15, 0.2) is 72.8 Å². The first-order chi connectivity index (χ1) is 11.5. The third-order valence-electron chi connectivity index (χ3n) is 4.01. The molecule has 5 heteroatoms. The average Bonchev–Trinajstić information content (AvgIpc) is 2.60. The summed E-state index contributed by atoms with van der Waals surface area (Å²) in [5, 5.41) is 2.12. The van der Waals surface area contributed by atoms with E-state index in [1.54, 1.807) is 0 Å². The maximum Gasteiger partial charge on any atom is 0.279 e. The van der Waals surface area contributed by atoms with Crippen molar-refractivity contribution in [3.63, 3.8) is 0 Å². The van der Waals surface area contributed by atoms with Crippen LogP contribution in [0.5, 0.6) is 0 Å². The molecule has 124 valence electrons. The molecule has 0 spiro atoms. The van der Waals surface area contributed by atoms with Gasteiger partial charge in [0.1, 0.15) is 0 Å². The average molecular weight is 340 g/mol. The standard InChI is InChI=1S/C19H20N2O2S/c1-21(2)24(22,23)20-19(16-10-4-3-5-11-16)18-14-8-12-15-9-6-7-13-17(15)18/h3-14,19-20H,1-2H3/t19-/m1/s1. The van der Waals surface area contributed by atoms with Crippen molar-refractivity contribution in [1.82, 2.24) is 9.03 Å². The zero-order valence-electron chi connectivity index (χ0n) is 13.7. The van der Waals surface area contributed by atoms with Crippen LogP contribution in [-0.4, -0.2) is 26.8 Å². The van der Waals surface area contributed by atoms with Crippen LogP contribution in [0.3, 0.4) is 0 Å². The Kier molecular flexibility index (Phi) is 4.66. The fourth-order valence-electron chi connectivity index (χ4n) is 2.71. The molecule has 0 radical (unpaired) electrons. The van der Waals surface area contributed by atoms with Crippen LogP contribution >= 0.6 is 0 Å². The summed E-state index contributed by atoms with van der Waals surface area (Å²) in [5.41, 5.74) is 1.84. The SMILES string of the molecule is CN(C)S(=O)(=O)N[C@H](c1ccccc1)c1cccc2ccccc12. The van der Waals surface area contributed by atoms with Crippen LogP contribution in [0.4, 0.5) is 0 Å². The molecule has 0 fully saturated rings. The minimum Gasteiger partial charge on any atom is -0.195 e. The summed E-state index contributed by atoms with van der Waals surface area (Å²) < 4.78 is 28.9. The van der Waals surface area contributed by atoms with E-state index in [9.17, 15) is 8.42 Å². The van der Waals surface area contributed by atoms with Gasteiger partial charge in [0, 0.05) is 14.1 Å². The van der Waals surface area contributed by atoms with Crippen LogP contribution in [0, 0.1) is 0 Å². The van der Waals surface area contributed by atoms with Gasteiger partial charge in [-0.1, -0.05) is 72.8 Å². The fraction of sp³-hybridized carbons (Fsp3) is 0.158. The van der Waals surface area contributed by atoms with Gasteiger partial charge in [0.05, 0.1) is 6.04 Å². The molecule has 0 heterocycles. The number of nitrogens with zero attached hydrogens (tertiary/aromatic N) is 1. The Morgan fingerprint density at radius 3 is 2.17 bits per heavy atom. The summed E-state index contributed by atoms with van der Waals surface area (Å²) in [5.74, 6) is 0. The predicted octanol–water partition coefficient (Wildman–Crippen LogP) is 3.33. The lowest BCUT2D eigenvalue weighted by Gasteiger charge is -2.23. The molecule has 0 unspecified atom stereocenters. The predicted molar refractivity (Wildman–Crippen MR) is 98.0 cm³/mol. The number of nitrogens with one attached hydrogen (secondary N) is 1.